The standard InChI is InChI=1S/C15H18O2/c1-12-7-5-6-10-14(12)15(16)17-11-13-8-3-2-4-9-13/h2-5,7-9,12,14H,6,10-11H2,1H3/t12?,14-/m1/s1. The molecule has 0 N–H and O–H groups in total. The smallest absolute Gasteiger partial charge is 0.309 e. The van der Waals surface area contributed by atoms with Crippen molar-refractivity contribution in [2.24, 2.45) is 11.8 Å². The lowest BCUT2D eigenvalue weighted by atomic mass is 9.85. The van der Waals surface area contributed by atoms with Crippen LogP contribution in [0.1, 0.15) is 25.3 Å². The second kappa shape index (κ2) is 5.67. The molecule has 0 aromatic heterocycles. The largest absolute Gasteiger partial charge is 0.461 e. The predicted molar refractivity (Wildman–Crippen MR) is 67.3 cm³/mol. The summed E-state index contributed by atoms with van der Waals surface area (Å²) in [6.45, 7) is 2.46. The lowest BCUT2D eigenvalue weighted by molar-refractivity contribution is -0.151. The first-order valence-electron chi connectivity index (χ1n) is 6.14. The Hall–Kier alpha value is -1.57. The van der Waals surface area contributed by atoms with E-state index >= 15 is 0 Å². The molecule has 1 aliphatic rings. The van der Waals surface area contributed by atoms with Crippen molar-refractivity contribution < 1.29 is 9.53 Å². The third-order valence-corrected chi connectivity index (χ3v) is 3.25. The second-order valence-corrected chi connectivity index (χ2v) is 4.56. The van der Waals surface area contributed by atoms with Crippen molar-refractivity contribution in [1.29, 1.82) is 0 Å². The molecular weight excluding hydrogens is 212 g/mol. The summed E-state index contributed by atoms with van der Waals surface area (Å²) in [6, 6.07) is 9.80. The van der Waals surface area contributed by atoms with Crippen molar-refractivity contribution in [3.63, 3.8) is 0 Å². The van der Waals surface area contributed by atoms with Gasteiger partial charge in [0.1, 0.15) is 6.61 Å². The quantitative estimate of drug-likeness (QED) is 0.588. The van der Waals surface area contributed by atoms with E-state index in [1.165, 1.54) is 0 Å². The molecule has 2 heteroatoms. The normalized spacial score (nSPS) is 23.4. The van der Waals surface area contributed by atoms with Crippen molar-refractivity contribution in [2.75, 3.05) is 0 Å². The maximum atomic E-state index is 11.9. The van der Waals surface area contributed by atoms with Crippen molar-refractivity contribution in [1.82, 2.24) is 0 Å². The van der Waals surface area contributed by atoms with Crippen LogP contribution in [0.25, 0.3) is 0 Å². The van der Waals surface area contributed by atoms with E-state index in [9.17, 15) is 4.79 Å². The molecule has 90 valence electrons. The van der Waals surface area contributed by atoms with Crippen LogP contribution in [0.3, 0.4) is 0 Å². The highest BCUT2D eigenvalue weighted by Gasteiger charge is 2.26. The van der Waals surface area contributed by atoms with Gasteiger partial charge in [0.25, 0.3) is 0 Å². The fourth-order valence-corrected chi connectivity index (χ4v) is 2.15. The van der Waals surface area contributed by atoms with Gasteiger partial charge in [0.05, 0.1) is 5.92 Å². The Morgan fingerprint density at radius 3 is 2.82 bits per heavy atom. The van der Waals surface area contributed by atoms with Crippen LogP contribution in [-0.2, 0) is 16.1 Å². The van der Waals surface area contributed by atoms with Gasteiger partial charge in [-0.25, -0.2) is 0 Å². The number of hydrogen-bond acceptors (Lipinski definition) is 2. The van der Waals surface area contributed by atoms with E-state index < -0.39 is 0 Å². The average molecular weight is 230 g/mol. The monoisotopic (exact) mass is 230 g/mol. The van der Waals surface area contributed by atoms with Gasteiger partial charge in [-0.2, -0.15) is 0 Å². The number of hydrogen-bond donors (Lipinski definition) is 0. The molecule has 2 rings (SSSR count). The number of benzene rings is 1. The number of ether oxygens (including phenoxy) is 1. The number of carbonyl (C=O) groups is 1. The molecule has 0 aliphatic heterocycles. The minimum atomic E-state index is -0.0642. The predicted octanol–water partition coefficient (Wildman–Crippen LogP) is 3.33. The Labute approximate surface area is 102 Å². The topological polar surface area (TPSA) is 26.3 Å². The minimum absolute atomic E-state index is 0.0312. The Balaban J connectivity index is 1.87. The molecule has 2 nitrogen and oxygen atoms in total. The molecule has 1 aromatic carbocycles. The SMILES string of the molecule is CC1C=CCC[C@H]1C(=O)OCc1ccccc1. The molecule has 0 heterocycles. The van der Waals surface area contributed by atoms with E-state index in [1.807, 2.05) is 30.3 Å². The van der Waals surface area contributed by atoms with Gasteiger partial charge in [0.15, 0.2) is 0 Å². The first-order valence-corrected chi connectivity index (χ1v) is 6.14. The van der Waals surface area contributed by atoms with E-state index in [-0.39, 0.29) is 11.9 Å². The summed E-state index contributed by atoms with van der Waals surface area (Å²) in [5.74, 6) is 0.265. The Bertz CT molecular complexity index is 395. The van der Waals surface area contributed by atoms with Crippen LogP contribution >= 0.6 is 0 Å². The van der Waals surface area contributed by atoms with E-state index in [0.29, 0.717) is 12.5 Å². The van der Waals surface area contributed by atoms with Gasteiger partial charge in [-0.3, -0.25) is 4.79 Å². The molecule has 2 atom stereocenters. The summed E-state index contributed by atoms with van der Waals surface area (Å²) in [6.07, 6.45) is 6.14. The highest BCUT2D eigenvalue weighted by molar-refractivity contribution is 5.73. The summed E-state index contributed by atoms with van der Waals surface area (Å²) in [5, 5.41) is 0. The van der Waals surface area contributed by atoms with Gasteiger partial charge < -0.3 is 4.74 Å². The van der Waals surface area contributed by atoms with Gasteiger partial charge in [0, 0.05) is 0 Å². The van der Waals surface area contributed by atoms with Crippen molar-refractivity contribution in [3.8, 4) is 0 Å². The molecular formula is C15H18O2. The molecule has 0 spiro atoms. The fraction of sp³-hybridized carbons (Fsp3) is 0.400. The molecule has 0 radical (unpaired) electrons. The average Bonchev–Trinajstić information content (AvgIpc) is 2.38. The Morgan fingerprint density at radius 1 is 1.35 bits per heavy atom. The van der Waals surface area contributed by atoms with Gasteiger partial charge >= 0.3 is 5.97 Å². The third-order valence-electron chi connectivity index (χ3n) is 3.25. The highest BCUT2D eigenvalue weighted by atomic mass is 16.5. The zero-order valence-electron chi connectivity index (χ0n) is 10.1. The van der Waals surface area contributed by atoms with Crippen LogP contribution in [0.4, 0.5) is 0 Å². The van der Waals surface area contributed by atoms with Crippen LogP contribution < -0.4 is 0 Å². The van der Waals surface area contributed by atoms with Crippen LogP contribution in [0.5, 0.6) is 0 Å². The molecule has 0 saturated heterocycles. The molecule has 0 bridgehead atoms. The summed E-state index contributed by atoms with van der Waals surface area (Å²) >= 11 is 0. The van der Waals surface area contributed by atoms with Crippen LogP contribution in [0.2, 0.25) is 0 Å². The molecule has 1 aliphatic carbocycles. The fourth-order valence-electron chi connectivity index (χ4n) is 2.15. The summed E-state index contributed by atoms with van der Waals surface area (Å²) in [5.41, 5.74) is 1.04. The van der Waals surface area contributed by atoms with E-state index in [2.05, 4.69) is 19.1 Å². The molecule has 0 fully saturated rings. The summed E-state index contributed by atoms with van der Waals surface area (Å²) < 4.78 is 5.37. The van der Waals surface area contributed by atoms with Crippen LogP contribution in [-0.4, -0.2) is 5.97 Å². The first-order chi connectivity index (χ1) is 8.27. The number of allylic oxidation sites excluding steroid dienone is 2. The van der Waals surface area contributed by atoms with E-state index in [0.717, 1.165) is 18.4 Å². The second-order valence-electron chi connectivity index (χ2n) is 4.56. The van der Waals surface area contributed by atoms with Crippen molar-refractivity contribution in [2.45, 2.75) is 26.4 Å². The van der Waals surface area contributed by atoms with Crippen molar-refractivity contribution in [3.05, 3.63) is 48.0 Å². The molecule has 0 saturated carbocycles. The number of rotatable bonds is 3. The van der Waals surface area contributed by atoms with Crippen molar-refractivity contribution >= 4 is 5.97 Å². The minimum Gasteiger partial charge on any atom is -0.461 e. The Morgan fingerprint density at radius 2 is 2.12 bits per heavy atom. The highest BCUT2D eigenvalue weighted by Crippen LogP contribution is 2.25. The van der Waals surface area contributed by atoms with Crippen LogP contribution in [0, 0.1) is 11.8 Å². The Kier molecular flexibility index (Phi) is 3.97. The lowest BCUT2D eigenvalue weighted by Gasteiger charge is -2.22. The molecule has 17 heavy (non-hydrogen) atoms. The zero-order valence-corrected chi connectivity index (χ0v) is 10.1. The van der Waals surface area contributed by atoms with E-state index in [4.69, 9.17) is 4.74 Å². The maximum Gasteiger partial charge on any atom is 0.309 e. The summed E-state index contributed by atoms with van der Waals surface area (Å²) in [4.78, 5) is 11.9. The van der Waals surface area contributed by atoms with Gasteiger partial charge in [-0.15, -0.1) is 0 Å². The molecule has 1 unspecified atom stereocenters. The van der Waals surface area contributed by atoms with Gasteiger partial charge in [-0.1, -0.05) is 49.4 Å². The number of carbonyl (C=O) groups excluding carboxylic acids is 1. The van der Waals surface area contributed by atoms with Crippen LogP contribution in [0.15, 0.2) is 42.5 Å². The van der Waals surface area contributed by atoms with E-state index in [1.54, 1.807) is 0 Å². The molecule has 1 aromatic rings. The number of esters is 1. The maximum absolute atomic E-state index is 11.9. The lowest BCUT2D eigenvalue weighted by Crippen LogP contribution is -2.24. The molecule has 0 amide bonds. The summed E-state index contributed by atoms with van der Waals surface area (Å²) in [7, 11) is 0. The zero-order chi connectivity index (χ0) is 12.1. The first kappa shape index (κ1) is 11.9. The van der Waals surface area contributed by atoms with Gasteiger partial charge in [0.2, 0.25) is 0 Å². The van der Waals surface area contributed by atoms with Gasteiger partial charge in [-0.05, 0) is 24.3 Å². The third kappa shape index (κ3) is 3.19.